The molecule has 8 aromatic rings. The van der Waals surface area contributed by atoms with Crippen molar-refractivity contribution in [1.82, 2.24) is 9.55 Å². The van der Waals surface area contributed by atoms with Crippen molar-refractivity contribution in [2.45, 2.75) is 37.5 Å². The van der Waals surface area contributed by atoms with Crippen molar-refractivity contribution in [3.05, 3.63) is 167 Å². The minimum absolute atomic E-state index is 0.186. The van der Waals surface area contributed by atoms with E-state index in [9.17, 15) is 0 Å². The molecule has 2 atom stereocenters. The highest BCUT2D eigenvalue weighted by molar-refractivity contribution is 6.22. The van der Waals surface area contributed by atoms with Crippen molar-refractivity contribution in [3.63, 3.8) is 0 Å². The summed E-state index contributed by atoms with van der Waals surface area (Å²) in [6.07, 6.45) is 20.0. The Labute approximate surface area is 295 Å². The largest absolute Gasteiger partial charge is 0.456 e. The molecule has 0 N–H and O–H groups in total. The Kier molecular flexibility index (Phi) is 6.30. The molecule has 0 amide bonds. The van der Waals surface area contributed by atoms with Gasteiger partial charge in [0.25, 0.3) is 0 Å². The van der Waals surface area contributed by atoms with Crippen LogP contribution in [0.3, 0.4) is 0 Å². The van der Waals surface area contributed by atoms with Crippen LogP contribution in [0.2, 0.25) is 0 Å². The second kappa shape index (κ2) is 11.2. The Balaban J connectivity index is 0.945. The molecule has 0 saturated carbocycles. The van der Waals surface area contributed by atoms with E-state index in [1.807, 2.05) is 12.1 Å². The number of aromatic nitrogens is 2. The van der Waals surface area contributed by atoms with E-state index in [1.54, 1.807) is 0 Å². The summed E-state index contributed by atoms with van der Waals surface area (Å²) in [5.41, 5.74) is 13.7. The predicted molar refractivity (Wildman–Crippen MR) is 209 cm³/mol. The van der Waals surface area contributed by atoms with Crippen molar-refractivity contribution >= 4 is 61.7 Å². The molecule has 0 aliphatic heterocycles. The normalized spacial score (nSPS) is 18.2. The standard InChI is InChI=1S/C47H34N2O2/c1-2-11-29(12-3-1)47-48-40-17-6-7-18-41(40)49(47)35-14-10-13-30(27-35)31-21-22-33-26-34(24-23-32(33)25-31)38-28-39-36-15-4-8-19-42(36)50-46(39)44-37-16-5-9-20-43(37)51-45(38)44/h1-5,7-16,18-25,28,30,34H,6,17,26-27H2. The molecule has 0 saturated heterocycles. The lowest BCUT2D eigenvalue weighted by molar-refractivity contribution is 0.652. The van der Waals surface area contributed by atoms with Gasteiger partial charge in [0.2, 0.25) is 0 Å². The van der Waals surface area contributed by atoms with Gasteiger partial charge in [-0.15, -0.1) is 0 Å². The molecule has 3 aliphatic carbocycles. The molecule has 2 unspecified atom stereocenters. The van der Waals surface area contributed by atoms with Gasteiger partial charge in [-0.25, -0.2) is 4.98 Å². The highest BCUT2D eigenvalue weighted by atomic mass is 16.3. The van der Waals surface area contributed by atoms with Crippen LogP contribution in [0, 0.1) is 0 Å². The molecule has 3 aromatic heterocycles. The van der Waals surface area contributed by atoms with E-state index < -0.39 is 0 Å². The number of para-hydroxylation sites is 2. The summed E-state index contributed by atoms with van der Waals surface area (Å²) in [6.45, 7) is 0. The smallest absolute Gasteiger partial charge is 0.147 e. The number of hydrogen-bond donors (Lipinski definition) is 0. The third-order valence-corrected chi connectivity index (χ3v) is 11.2. The number of allylic oxidation sites excluding steroid dienone is 6. The lowest BCUT2D eigenvalue weighted by Crippen LogP contribution is -2.11. The van der Waals surface area contributed by atoms with E-state index in [0.717, 1.165) is 80.9 Å². The van der Waals surface area contributed by atoms with E-state index in [4.69, 9.17) is 13.8 Å². The molecule has 51 heavy (non-hydrogen) atoms. The van der Waals surface area contributed by atoms with Gasteiger partial charge in [-0.2, -0.15) is 0 Å². The number of nitrogens with zero attached hydrogens (tertiary/aromatic N) is 2. The van der Waals surface area contributed by atoms with Crippen LogP contribution in [0.5, 0.6) is 0 Å². The van der Waals surface area contributed by atoms with Crippen LogP contribution in [0.25, 0.3) is 73.1 Å². The monoisotopic (exact) mass is 658 g/mol. The van der Waals surface area contributed by atoms with Crippen molar-refractivity contribution < 1.29 is 8.83 Å². The van der Waals surface area contributed by atoms with E-state index >= 15 is 0 Å². The van der Waals surface area contributed by atoms with Crippen LogP contribution >= 0.6 is 0 Å². The van der Waals surface area contributed by atoms with Crippen LogP contribution in [-0.4, -0.2) is 9.55 Å². The van der Waals surface area contributed by atoms with Gasteiger partial charge in [0.15, 0.2) is 0 Å². The van der Waals surface area contributed by atoms with Gasteiger partial charge in [-0.05, 0) is 72.7 Å². The fourth-order valence-corrected chi connectivity index (χ4v) is 8.67. The molecule has 0 spiro atoms. The molecule has 244 valence electrons. The molecule has 0 radical (unpaired) electrons. The summed E-state index contributed by atoms with van der Waals surface area (Å²) < 4.78 is 15.5. The van der Waals surface area contributed by atoms with Gasteiger partial charge < -0.3 is 8.83 Å². The maximum absolute atomic E-state index is 6.62. The van der Waals surface area contributed by atoms with Gasteiger partial charge in [0.1, 0.15) is 28.2 Å². The minimum Gasteiger partial charge on any atom is -0.456 e. The van der Waals surface area contributed by atoms with Crippen molar-refractivity contribution in [2.24, 2.45) is 0 Å². The highest BCUT2D eigenvalue weighted by Gasteiger charge is 2.27. The first kappa shape index (κ1) is 28.7. The van der Waals surface area contributed by atoms with E-state index in [-0.39, 0.29) is 11.8 Å². The topological polar surface area (TPSA) is 44.1 Å². The first-order chi connectivity index (χ1) is 25.3. The molecule has 11 rings (SSSR count). The van der Waals surface area contributed by atoms with Crippen molar-refractivity contribution in [2.75, 3.05) is 0 Å². The molecule has 4 heteroatoms. The lowest BCUT2D eigenvalue weighted by atomic mass is 9.81. The Bertz CT molecular complexity index is 2820. The summed E-state index contributed by atoms with van der Waals surface area (Å²) in [5, 5.41) is 4.46. The molecule has 0 fully saturated rings. The Hall–Kier alpha value is -6.13. The molecular weight excluding hydrogens is 625 g/mol. The number of benzene rings is 5. The maximum atomic E-state index is 6.62. The Morgan fingerprint density at radius 3 is 2.39 bits per heavy atom. The fourth-order valence-electron chi connectivity index (χ4n) is 8.67. The summed E-state index contributed by atoms with van der Waals surface area (Å²) in [5.74, 6) is 1.50. The van der Waals surface area contributed by atoms with Crippen LogP contribution in [-0.2, 0) is 12.8 Å². The first-order valence-corrected chi connectivity index (χ1v) is 18.0. The third kappa shape index (κ3) is 4.49. The van der Waals surface area contributed by atoms with Gasteiger partial charge >= 0.3 is 0 Å². The van der Waals surface area contributed by atoms with Crippen molar-refractivity contribution in [3.8, 4) is 11.4 Å². The molecule has 4 nitrogen and oxygen atoms in total. The number of fused-ring (bicyclic) bond motifs is 9. The van der Waals surface area contributed by atoms with Crippen LogP contribution in [0.4, 0.5) is 0 Å². The summed E-state index contributed by atoms with van der Waals surface area (Å²) in [4.78, 5) is 5.17. The summed E-state index contributed by atoms with van der Waals surface area (Å²) in [7, 11) is 0. The average Bonchev–Trinajstić information content (AvgIpc) is 3.89. The van der Waals surface area contributed by atoms with Gasteiger partial charge in [-0.3, -0.25) is 4.57 Å². The van der Waals surface area contributed by atoms with E-state index in [2.05, 4.69) is 138 Å². The van der Waals surface area contributed by atoms with Crippen LogP contribution < -0.4 is 0 Å². The molecular formula is C47H34N2O2. The minimum atomic E-state index is 0.186. The Morgan fingerprint density at radius 1 is 0.686 bits per heavy atom. The highest BCUT2D eigenvalue weighted by Crippen LogP contribution is 2.45. The number of hydrogen-bond acceptors (Lipinski definition) is 3. The number of furan rings is 2. The van der Waals surface area contributed by atoms with Crippen molar-refractivity contribution in [1.29, 1.82) is 0 Å². The number of aryl methyl sites for hydroxylation is 1. The third-order valence-electron chi connectivity index (χ3n) is 11.2. The fraction of sp³-hybridized carbons (Fsp3) is 0.128. The van der Waals surface area contributed by atoms with Gasteiger partial charge in [0.05, 0.1) is 16.8 Å². The van der Waals surface area contributed by atoms with Crippen LogP contribution in [0.1, 0.15) is 58.3 Å². The predicted octanol–water partition coefficient (Wildman–Crippen LogP) is 12.2. The van der Waals surface area contributed by atoms with E-state index in [1.165, 1.54) is 39.3 Å². The van der Waals surface area contributed by atoms with E-state index in [0.29, 0.717) is 0 Å². The SMILES string of the molecule is C1=CC(c2ccc3c(c2)C=CC(c2cc4c5ccccc5oc4c4c2oc2ccccc24)C3)CC(n2c(-c3ccccc3)nc3c2C=CCC3)=C1. The second-order valence-corrected chi connectivity index (χ2v) is 14.1. The maximum Gasteiger partial charge on any atom is 0.147 e. The lowest BCUT2D eigenvalue weighted by Gasteiger charge is -2.25. The zero-order chi connectivity index (χ0) is 33.5. The van der Waals surface area contributed by atoms with Crippen LogP contribution in [0.15, 0.2) is 142 Å². The van der Waals surface area contributed by atoms with Gasteiger partial charge in [0, 0.05) is 44.8 Å². The summed E-state index contributed by atoms with van der Waals surface area (Å²) in [6, 6.07) is 36.7. The first-order valence-electron chi connectivity index (χ1n) is 18.0. The molecule has 3 heterocycles. The zero-order valence-corrected chi connectivity index (χ0v) is 28.1. The zero-order valence-electron chi connectivity index (χ0n) is 28.1. The second-order valence-electron chi connectivity index (χ2n) is 14.1. The average molecular weight is 659 g/mol. The molecule has 0 bridgehead atoms. The number of rotatable bonds is 4. The van der Waals surface area contributed by atoms with Gasteiger partial charge in [-0.1, -0.05) is 115 Å². The Morgan fingerprint density at radius 2 is 1.49 bits per heavy atom. The molecule has 5 aromatic carbocycles. The number of imidazole rings is 1. The quantitative estimate of drug-likeness (QED) is 0.189. The molecule has 3 aliphatic rings. The summed E-state index contributed by atoms with van der Waals surface area (Å²) >= 11 is 0.